The molecule has 3 aromatic rings. The highest BCUT2D eigenvalue weighted by Gasteiger charge is 2.21. The second-order valence-corrected chi connectivity index (χ2v) is 7.37. The van der Waals surface area contributed by atoms with E-state index in [4.69, 9.17) is 0 Å². The third-order valence-corrected chi connectivity index (χ3v) is 5.02. The molecule has 138 valence electrons. The second kappa shape index (κ2) is 9.18. The van der Waals surface area contributed by atoms with Crippen molar-refractivity contribution < 1.29 is 0 Å². The summed E-state index contributed by atoms with van der Waals surface area (Å²) in [6.07, 6.45) is 3.99. The Bertz CT molecular complexity index is 1150. The zero-order valence-corrected chi connectivity index (χ0v) is 16.8. The number of benzene rings is 3. The highest BCUT2D eigenvalue weighted by molar-refractivity contribution is 7.78. The molecular formula is C27H19NS. The Hall–Kier alpha value is -3.42. The summed E-state index contributed by atoms with van der Waals surface area (Å²) in [5.41, 5.74) is 6.68. The third-order valence-electron chi connectivity index (χ3n) is 4.93. The Kier molecular flexibility index (Phi) is 5.99. The Morgan fingerprint density at radius 3 is 1.66 bits per heavy atom. The van der Waals surface area contributed by atoms with E-state index >= 15 is 0 Å². The minimum absolute atomic E-state index is 0.897. The normalized spacial score (nSPS) is 12.0. The van der Waals surface area contributed by atoms with Gasteiger partial charge in [0.2, 0.25) is 0 Å². The standard InChI is InChI=1S/C27H19NS/c29-20-28-18-17-23-11-15-27(16-12-23)26-13-9-22(10-14-26)2-1-21-3-5-24(6-4-21)19-25-7-8-25/h3-6,9-16,25H,7-8,19H2. The minimum Gasteiger partial charge on any atom is -0.142 e. The molecule has 0 atom stereocenters. The molecule has 0 N–H and O–H groups in total. The van der Waals surface area contributed by atoms with Crippen molar-refractivity contribution in [2.45, 2.75) is 19.3 Å². The highest BCUT2D eigenvalue weighted by atomic mass is 32.1. The number of hydrogen-bond acceptors (Lipinski definition) is 2. The van der Waals surface area contributed by atoms with E-state index in [1.165, 1.54) is 24.8 Å². The third kappa shape index (κ3) is 5.54. The van der Waals surface area contributed by atoms with Gasteiger partial charge >= 0.3 is 0 Å². The van der Waals surface area contributed by atoms with Crippen molar-refractivity contribution in [1.29, 1.82) is 0 Å². The number of nitrogens with zero attached hydrogens (tertiary/aromatic N) is 1. The average molecular weight is 390 g/mol. The molecule has 29 heavy (non-hydrogen) atoms. The predicted molar refractivity (Wildman–Crippen MR) is 123 cm³/mol. The van der Waals surface area contributed by atoms with Crippen molar-refractivity contribution in [2.75, 3.05) is 0 Å². The lowest BCUT2D eigenvalue weighted by Gasteiger charge is -2.02. The molecule has 1 saturated carbocycles. The zero-order chi connectivity index (χ0) is 19.9. The Morgan fingerprint density at radius 1 is 0.690 bits per heavy atom. The molecule has 4 rings (SSSR count). The number of thiocarbonyl (C=S) groups is 1. The maximum atomic E-state index is 4.50. The molecule has 0 unspecified atom stereocenters. The van der Waals surface area contributed by atoms with Crippen molar-refractivity contribution in [2.24, 2.45) is 10.9 Å². The maximum Gasteiger partial charge on any atom is 0.0743 e. The molecule has 1 aliphatic carbocycles. The van der Waals surface area contributed by atoms with Crippen molar-refractivity contribution in [1.82, 2.24) is 0 Å². The van der Waals surface area contributed by atoms with E-state index in [2.05, 4.69) is 107 Å². The largest absolute Gasteiger partial charge is 0.142 e. The molecule has 1 fully saturated rings. The van der Waals surface area contributed by atoms with Crippen LogP contribution in [0.3, 0.4) is 0 Å². The molecule has 0 saturated heterocycles. The second-order valence-electron chi connectivity index (χ2n) is 7.19. The van der Waals surface area contributed by atoms with Gasteiger partial charge in [-0.05, 0) is 96.4 Å². The molecule has 0 radical (unpaired) electrons. The lowest BCUT2D eigenvalue weighted by atomic mass is 10.0. The summed E-state index contributed by atoms with van der Waals surface area (Å²) in [7, 11) is 0. The van der Waals surface area contributed by atoms with Crippen molar-refractivity contribution in [3.63, 3.8) is 0 Å². The number of aliphatic imine (C=N–C) groups is 1. The van der Waals surface area contributed by atoms with E-state index in [0.29, 0.717) is 0 Å². The van der Waals surface area contributed by atoms with Crippen LogP contribution < -0.4 is 0 Å². The quantitative estimate of drug-likeness (QED) is 0.299. The number of hydrogen-bond donors (Lipinski definition) is 0. The highest BCUT2D eigenvalue weighted by Crippen LogP contribution is 2.32. The van der Waals surface area contributed by atoms with Crippen LogP contribution in [0, 0.1) is 29.7 Å². The predicted octanol–water partition coefficient (Wildman–Crippen LogP) is 6.12. The van der Waals surface area contributed by atoms with Gasteiger partial charge in [0.15, 0.2) is 0 Å². The van der Waals surface area contributed by atoms with Crippen LogP contribution in [0.4, 0.5) is 0 Å². The van der Waals surface area contributed by atoms with Crippen LogP contribution >= 0.6 is 12.2 Å². The summed E-state index contributed by atoms with van der Waals surface area (Å²) in [5, 5.41) is 2.24. The molecule has 2 heteroatoms. The van der Waals surface area contributed by atoms with E-state index in [0.717, 1.165) is 33.7 Å². The SMILES string of the molecule is S=C=NC#Cc1ccc(-c2ccc(C#Cc3ccc(CC4CC4)cc3)cc2)cc1. The van der Waals surface area contributed by atoms with E-state index in [1.54, 1.807) is 0 Å². The fourth-order valence-corrected chi connectivity index (χ4v) is 3.18. The van der Waals surface area contributed by atoms with Crippen LogP contribution in [0.15, 0.2) is 77.8 Å². The fraction of sp³-hybridized carbons (Fsp3) is 0.148. The first-order valence-electron chi connectivity index (χ1n) is 9.69. The van der Waals surface area contributed by atoms with Gasteiger partial charge in [-0.2, -0.15) is 0 Å². The lowest BCUT2D eigenvalue weighted by Crippen LogP contribution is -1.86. The lowest BCUT2D eigenvalue weighted by molar-refractivity contribution is 0.832. The first kappa shape index (κ1) is 18.9. The number of rotatable bonds is 3. The van der Waals surface area contributed by atoms with Crippen LogP contribution in [0.5, 0.6) is 0 Å². The first-order chi connectivity index (χ1) is 14.3. The molecule has 0 heterocycles. The zero-order valence-electron chi connectivity index (χ0n) is 16.0. The summed E-state index contributed by atoms with van der Waals surface area (Å²) < 4.78 is 0. The van der Waals surface area contributed by atoms with Gasteiger partial charge in [0, 0.05) is 16.7 Å². The molecule has 0 bridgehead atoms. The van der Waals surface area contributed by atoms with Crippen molar-refractivity contribution in [3.8, 4) is 34.9 Å². The monoisotopic (exact) mass is 389 g/mol. The molecule has 0 aromatic heterocycles. The van der Waals surface area contributed by atoms with Gasteiger partial charge in [-0.3, -0.25) is 0 Å². The van der Waals surface area contributed by atoms with Crippen LogP contribution in [0.25, 0.3) is 11.1 Å². The van der Waals surface area contributed by atoms with E-state index in [9.17, 15) is 0 Å². The van der Waals surface area contributed by atoms with Gasteiger partial charge < -0.3 is 0 Å². The smallest absolute Gasteiger partial charge is 0.0743 e. The summed E-state index contributed by atoms with van der Waals surface area (Å²) in [6, 6.07) is 27.6. The average Bonchev–Trinajstić information content (AvgIpc) is 3.58. The van der Waals surface area contributed by atoms with E-state index < -0.39 is 0 Å². The van der Waals surface area contributed by atoms with Gasteiger partial charge in [0.1, 0.15) is 0 Å². The molecular weight excluding hydrogens is 370 g/mol. The molecule has 1 aliphatic rings. The molecule has 1 nitrogen and oxygen atoms in total. The molecule has 3 aromatic carbocycles. The molecule has 0 amide bonds. The minimum atomic E-state index is 0.897. The van der Waals surface area contributed by atoms with Crippen LogP contribution in [-0.4, -0.2) is 5.16 Å². The van der Waals surface area contributed by atoms with Crippen LogP contribution in [0.2, 0.25) is 0 Å². The number of isothiocyanates is 1. The fourth-order valence-electron chi connectivity index (χ4n) is 3.13. The summed E-state index contributed by atoms with van der Waals surface area (Å²) in [5.74, 6) is 10.4. The van der Waals surface area contributed by atoms with Crippen LogP contribution in [-0.2, 0) is 6.42 Å². The Labute approximate surface area is 177 Å². The van der Waals surface area contributed by atoms with E-state index in [1.807, 2.05) is 12.1 Å². The molecule has 0 aliphatic heterocycles. The van der Waals surface area contributed by atoms with Crippen molar-refractivity contribution >= 4 is 17.4 Å². The summed E-state index contributed by atoms with van der Waals surface area (Å²) >= 11 is 4.50. The van der Waals surface area contributed by atoms with Gasteiger partial charge in [-0.25, -0.2) is 0 Å². The Morgan fingerprint density at radius 2 is 1.17 bits per heavy atom. The van der Waals surface area contributed by atoms with Gasteiger partial charge in [-0.15, -0.1) is 4.99 Å². The van der Waals surface area contributed by atoms with Gasteiger partial charge in [0.05, 0.1) is 11.2 Å². The topological polar surface area (TPSA) is 12.4 Å². The summed E-state index contributed by atoms with van der Waals surface area (Å²) in [6.45, 7) is 0. The molecule has 0 spiro atoms. The van der Waals surface area contributed by atoms with Crippen molar-refractivity contribution in [3.05, 3.63) is 95.1 Å². The Balaban J connectivity index is 1.42. The van der Waals surface area contributed by atoms with Gasteiger partial charge in [-0.1, -0.05) is 48.2 Å². The summed E-state index contributed by atoms with van der Waals surface area (Å²) in [4.78, 5) is 3.61. The maximum absolute atomic E-state index is 4.50. The van der Waals surface area contributed by atoms with Gasteiger partial charge in [0.25, 0.3) is 0 Å². The first-order valence-corrected chi connectivity index (χ1v) is 10.1. The van der Waals surface area contributed by atoms with E-state index in [-0.39, 0.29) is 0 Å². The van der Waals surface area contributed by atoms with Crippen LogP contribution in [0.1, 0.15) is 35.1 Å².